The predicted molar refractivity (Wildman–Crippen MR) is 83.7 cm³/mol. The van der Waals surface area contributed by atoms with E-state index in [9.17, 15) is 8.42 Å². The van der Waals surface area contributed by atoms with Crippen molar-refractivity contribution < 1.29 is 8.42 Å². The zero-order valence-electron chi connectivity index (χ0n) is 12.3. The summed E-state index contributed by atoms with van der Waals surface area (Å²) in [7, 11) is -3.49. The first kappa shape index (κ1) is 14.3. The van der Waals surface area contributed by atoms with Crippen molar-refractivity contribution in [2.75, 3.05) is 0 Å². The van der Waals surface area contributed by atoms with E-state index in [0.717, 1.165) is 29.5 Å². The van der Waals surface area contributed by atoms with Crippen LogP contribution in [0.4, 0.5) is 0 Å². The Hall–Kier alpha value is -1.65. The Balaban J connectivity index is 1.93. The van der Waals surface area contributed by atoms with E-state index in [1.807, 2.05) is 44.2 Å². The van der Waals surface area contributed by atoms with E-state index in [0.29, 0.717) is 4.90 Å². The van der Waals surface area contributed by atoms with Crippen LogP contribution in [0, 0.1) is 13.8 Å². The van der Waals surface area contributed by atoms with Gasteiger partial charge in [0.2, 0.25) is 10.0 Å². The van der Waals surface area contributed by atoms with Crippen LogP contribution in [0.3, 0.4) is 0 Å². The quantitative estimate of drug-likeness (QED) is 0.945. The Kier molecular flexibility index (Phi) is 3.59. The molecule has 0 saturated carbocycles. The summed E-state index contributed by atoms with van der Waals surface area (Å²) in [6.45, 7) is 3.74. The fraction of sp³-hybridized carbons (Fsp3) is 0.294. The van der Waals surface area contributed by atoms with Crippen LogP contribution in [0.5, 0.6) is 0 Å². The zero-order valence-corrected chi connectivity index (χ0v) is 13.1. The third-order valence-electron chi connectivity index (χ3n) is 4.06. The van der Waals surface area contributed by atoms with Crippen LogP contribution in [0.15, 0.2) is 47.4 Å². The predicted octanol–water partition coefficient (Wildman–Crippen LogP) is 3.27. The number of sulfonamides is 1. The van der Waals surface area contributed by atoms with Crippen LogP contribution in [-0.4, -0.2) is 8.42 Å². The van der Waals surface area contributed by atoms with E-state index >= 15 is 0 Å². The molecule has 2 aromatic carbocycles. The molecule has 2 aromatic rings. The number of aryl methyl sites for hydroxylation is 3. The minimum Gasteiger partial charge on any atom is -0.207 e. The zero-order chi connectivity index (χ0) is 15.0. The van der Waals surface area contributed by atoms with Crippen molar-refractivity contribution in [3.8, 4) is 0 Å². The Morgan fingerprint density at radius 2 is 1.86 bits per heavy atom. The number of nitrogens with one attached hydrogen (secondary N) is 1. The van der Waals surface area contributed by atoms with Crippen molar-refractivity contribution in [2.24, 2.45) is 0 Å². The van der Waals surface area contributed by atoms with Gasteiger partial charge in [0.15, 0.2) is 0 Å². The van der Waals surface area contributed by atoms with E-state index in [-0.39, 0.29) is 6.04 Å². The molecule has 4 heteroatoms. The van der Waals surface area contributed by atoms with E-state index < -0.39 is 10.0 Å². The summed E-state index contributed by atoms with van der Waals surface area (Å²) < 4.78 is 28.2. The summed E-state index contributed by atoms with van der Waals surface area (Å²) in [6, 6.07) is 13.4. The van der Waals surface area contributed by atoms with E-state index in [1.54, 1.807) is 6.07 Å². The standard InChI is InChI=1S/C17H19NO2S/c1-12-7-8-13(2)17(11-12)21(19,20)18-16-10-9-14-5-3-4-6-15(14)16/h3-8,11,16,18H,9-10H2,1-2H3. The highest BCUT2D eigenvalue weighted by Crippen LogP contribution is 2.32. The molecule has 1 N–H and O–H groups in total. The van der Waals surface area contributed by atoms with Gasteiger partial charge >= 0.3 is 0 Å². The lowest BCUT2D eigenvalue weighted by molar-refractivity contribution is 0.554. The van der Waals surface area contributed by atoms with Gasteiger partial charge < -0.3 is 0 Å². The molecule has 1 aliphatic carbocycles. The lowest BCUT2D eigenvalue weighted by Crippen LogP contribution is -2.28. The minimum absolute atomic E-state index is 0.119. The summed E-state index contributed by atoms with van der Waals surface area (Å²) in [5.74, 6) is 0. The molecule has 0 aromatic heterocycles. The molecule has 0 amide bonds. The molecule has 0 bridgehead atoms. The van der Waals surface area contributed by atoms with Crippen LogP contribution in [0.25, 0.3) is 0 Å². The Morgan fingerprint density at radius 3 is 2.67 bits per heavy atom. The molecular formula is C17H19NO2S. The normalized spacial score (nSPS) is 17.7. The first-order chi connectivity index (χ1) is 9.97. The molecule has 1 unspecified atom stereocenters. The van der Waals surface area contributed by atoms with Crippen LogP contribution in [-0.2, 0) is 16.4 Å². The fourth-order valence-electron chi connectivity index (χ4n) is 2.93. The van der Waals surface area contributed by atoms with Crippen molar-refractivity contribution in [2.45, 2.75) is 37.6 Å². The topological polar surface area (TPSA) is 46.2 Å². The lowest BCUT2D eigenvalue weighted by atomic mass is 10.1. The maximum absolute atomic E-state index is 12.7. The second-order valence-electron chi connectivity index (χ2n) is 5.68. The van der Waals surface area contributed by atoms with Crippen LogP contribution < -0.4 is 4.72 Å². The minimum atomic E-state index is -3.49. The van der Waals surface area contributed by atoms with Crippen molar-refractivity contribution in [3.63, 3.8) is 0 Å². The summed E-state index contributed by atoms with van der Waals surface area (Å²) in [4.78, 5) is 0.381. The molecule has 0 fully saturated rings. The van der Waals surface area contributed by atoms with E-state index in [2.05, 4.69) is 10.8 Å². The molecule has 0 aliphatic heterocycles. The van der Waals surface area contributed by atoms with E-state index in [1.165, 1.54) is 5.56 Å². The molecule has 0 heterocycles. The first-order valence-corrected chi connectivity index (χ1v) is 8.63. The molecule has 1 atom stereocenters. The van der Waals surface area contributed by atoms with Gasteiger partial charge in [-0.1, -0.05) is 36.4 Å². The summed E-state index contributed by atoms with van der Waals surface area (Å²) in [5, 5.41) is 0. The average Bonchev–Trinajstić information content (AvgIpc) is 2.84. The number of hydrogen-bond acceptors (Lipinski definition) is 2. The van der Waals surface area contributed by atoms with Gasteiger partial charge in [0.05, 0.1) is 4.90 Å². The van der Waals surface area contributed by atoms with Gasteiger partial charge in [-0.15, -0.1) is 0 Å². The SMILES string of the molecule is Cc1ccc(C)c(S(=O)(=O)NC2CCc3ccccc32)c1. The monoisotopic (exact) mass is 301 g/mol. The van der Waals surface area contributed by atoms with Crippen LogP contribution in [0.1, 0.15) is 34.7 Å². The number of rotatable bonds is 3. The number of benzene rings is 2. The average molecular weight is 301 g/mol. The third-order valence-corrected chi connectivity index (χ3v) is 5.68. The Bertz CT molecular complexity index is 781. The largest absolute Gasteiger partial charge is 0.241 e. The molecule has 21 heavy (non-hydrogen) atoms. The molecule has 3 nitrogen and oxygen atoms in total. The highest BCUT2D eigenvalue weighted by molar-refractivity contribution is 7.89. The van der Waals surface area contributed by atoms with Crippen LogP contribution in [0.2, 0.25) is 0 Å². The molecule has 3 rings (SSSR count). The highest BCUT2D eigenvalue weighted by atomic mass is 32.2. The molecule has 110 valence electrons. The Morgan fingerprint density at radius 1 is 1.10 bits per heavy atom. The molecular weight excluding hydrogens is 282 g/mol. The number of fused-ring (bicyclic) bond motifs is 1. The lowest BCUT2D eigenvalue weighted by Gasteiger charge is -2.16. The summed E-state index contributed by atoms with van der Waals surface area (Å²) in [6.07, 6.45) is 1.75. The van der Waals surface area contributed by atoms with Gasteiger partial charge in [-0.2, -0.15) is 0 Å². The fourth-order valence-corrected chi connectivity index (χ4v) is 4.51. The summed E-state index contributed by atoms with van der Waals surface area (Å²) in [5.41, 5.74) is 4.07. The van der Waals surface area contributed by atoms with Crippen molar-refractivity contribution in [1.82, 2.24) is 4.72 Å². The van der Waals surface area contributed by atoms with Crippen molar-refractivity contribution in [1.29, 1.82) is 0 Å². The van der Waals surface area contributed by atoms with E-state index in [4.69, 9.17) is 0 Å². The van der Waals surface area contributed by atoms with Gasteiger partial charge in [0, 0.05) is 6.04 Å². The molecule has 0 saturated heterocycles. The van der Waals surface area contributed by atoms with Gasteiger partial charge in [0.1, 0.15) is 0 Å². The van der Waals surface area contributed by atoms with Crippen molar-refractivity contribution in [3.05, 3.63) is 64.7 Å². The third kappa shape index (κ3) is 2.74. The molecule has 1 aliphatic rings. The van der Waals surface area contributed by atoms with Crippen molar-refractivity contribution >= 4 is 10.0 Å². The first-order valence-electron chi connectivity index (χ1n) is 7.15. The number of hydrogen-bond donors (Lipinski definition) is 1. The molecule has 0 radical (unpaired) electrons. The molecule has 0 spiro atoms. The maximum Gasteiger partial charge on any atom is 0.241 e. The van der Waals surface area contributed by atoms with Gasteiger partial charge in [-0.25, -0.2) is 13.1 Å². The van der Waals surface area contributed by atoms with Gasteiger partial charge in [0.25, 0.3) is 0 Å². The second kappa shape index (κ2) is 5.28. The second-order valence-corrected chi connectivity index (χ2v) is 7.36. The Labute approximate surface area is 126 Å². The van der Waals surface area contributed by atoms with Crippen LogP contribution >= 0.6 is 0 Å². The smallest absolute Gasteiger partial charge is 0.207 e. The maximum atomic E-state index is 12.7. The van der Waals surface area contributed by atoms with Gasteiger partial charge in [-0.05, 0) is 55.0 Å². The highest BCUT2D eigenvalue weighted by Gasteiger charge is 2.27. The summed E-state index contributed by atoms with van der Waals surface area (Å²) >= 11 is 0. The van der Waals surface area contributed by atoms with Gasteiger partial charge in [-0.3, -0.25) is 0 Å².